The number of aliphatic hydroxyl groups excluding tert-OH is 1. The Labute approximate surface area is 200 Å². The fraction of sp³-hybridized carbons (Fsp3) is 0.296. The van der Waals surface area contributed by atoms with E-state index in [1.807, 2.05) is 48.5 Å². The lowest BCUT2D eigenvalue weighted by atomic mass is 10.2. The minimum Gasteiger partial charge on any atom is -0.492 e. The summed E-state index contributed by atoms with van der Waals surface area (Å²) in [6, 6.07) is 26.6. The topological polar surface area (TPSA) is 77.5 Å². The fourth-order valence-electron chi connectivity index (χ4n) is 3.26. The number of carbonyl (C=O) groups is 1. The van der Waals surface area contributed by atoms with Gasteiger partial charge in [-0.1, -0.05) is 48.5 Å². The highest BCUT2D eigenvalue weighted by Crippen LogP contribution is 2.18. The van der Waals surface area contributed by atoms with Crippen molar-refractivity contribution in [2.75, 3.05) is 40.0 Å². The summed E-state index contributed by atoms with van der Waals surface area (Å²) in [4.78, 5) is 13.3. The molecule has 0 aliphatic carbocycles. The molecular formula is C27H31NO6. The van der Waals surface area contributed by atoms with Crippen LogP contribution >= 0.6 is 0 Å². The predicted molar refractivity (Wildman–Crippen MR) is 129 cm³/mol. The fourth-order valence-corrected chi connectivity index (χ4v) is 3.26. The molecule has 0 aliphatic heterocycles. The van der Waals surface area contributed by atoms with Crippen molar-refractivity contribution in [3.8, 4) is 17.2 Å². The highest BCUT2D eigenvalue weighted by atomic mass is 16.6. The Morgan fingerprint density at radius 3 is 2.06 bits per heavy atom. The van der Waals surface area contributed by atoms with Crippen LogP contribution in [0, 0.1) is 0 Å². The second-order valence-corrected chi connectivity index (χ2v) is 7.68. The van der Waals surface area contributed by atoms with Crippen LogP contribution < -0.4 is 14.2 Å². The number of hydrogen-bond donors (Lipinski definition) is 1. The molecule has 1 unspecified atom stereocenters. The Morgan fingerprint density at radius 1 is 0.824 bits per heavy atom. The van der Waals surface area contributed by atoms with E-state index >= 15 is 0 Å². The second kappa shape index (κ2) is 13.9. The molecule has 3 rings (SSSR count). The molecule has 0 saturated carbocycles. The first-order valence-electron chi connectivity index (χ1n) is 11.2. The molecule has 0 aromatic heterocycles. The molecule has 0 radical (unpaired) electrons. The zero-order valence-electron chi connectivity index (χ0n) is 19.3. The van der Waals surface area contributed by atoms with Crippen molar-refractivity contribution in [1.29, 1.82) is 0 Å². The molecular weight excluding hydrogens is 434 g/mol. The van der Waals surface area contributed by atoms with E-state index in [2.05, 4.69) is 21.8 Å². The number of benzene rings is 3. The van der Waals surface area contributed by atoms with Gasteiger partial charge in [-0.3, -0.25) is 4.90 Å². The van der Waals surface area contributed by atoms with E-state index in [4.69, 9.17) is 14.2 Å². The van der Waals surface area contributed by atoms with Crippen LogP contribution in [0.5, 0.6) is 17.2 Å². The Balaban J connectivity index is 1.49. The van der Waals surface area contributed by atoms with Crippen LogP contribution in [0.4, 0.5) is 0 Å². The van der Waals surface area contributed by atoms with E-state index in [1.165, 1.54) is 7.11 Å². The Hall–Kier alpha value is -3.55. The van der Waals surface area contributed by atoms with Crippen LogP contribution in [0.2, 0.25) is 0 Å². The monoisotopic (exact) mass is 465 g/mol. The van der Waals surface area contributed by atoms with Crippen molar-refractivity contribution in [3.63, 3.8) is 0 Å². The first kappa shape index (κ1) is 25.1. The first-order valence-corrected chi connectivity index (χ1v) is 11.2. The van der Waals surface area contributed by atoms with Gasteiger partial charge < -0.3 is 24.1 Å². The van der Waals surface area contributed by atoms with E-state index in [0.29, 0.717) is 37.7 Å². The summed E-state index contributed by atoms with van der Waals surface area (Å²) >= 11 is 0. The van der Waals surface area contributed by atoms with Crippen molar-refractivity contribution in [2.45, 2.75) is 12.6 Å². The number of nitrogens with zero attached hydrogens (tertiary/aromatic N) is 1. The van der Waals surface area contributed by atoms with Crippen LogP contribution in [0.1, 0.15) is 5.56 Å². The van der Waals surface area contributed by atoms with Crippen molar-refractivity contribution in [3.05, 3.63) is 90.5 Å². The summed E-state index contributed by atoms with van der Waals surface area (Å²) in [6.45, 7) is 2.28. The van der Waals surface area contributed by atoms with Crippen LogP contribution in [0.15, 0.2) is 84.9 Å². The van der Waals surface area contributed by atoms with Gasteiger partial charge in [0.25, 0.3) is 0 Å². The van der Waals surface area contributed by atoms with Gasteiger partial charge in [-0.05, 0) is 42.0 Å². The van der Waals surface area contributed by atoms with Gasteiger partial charge in [0, 0.05) is 19.6 Å². The summed E-state index contributed by atoms with van der Waals surface area (Å²) in [5, 5.41) is 10.6. The third-order valence-electron chi connectivity index (χ3n) is 4.99. The molecule has 1 atom stereocenters. The third-order valence-corrected chi connectivity index (χ3v) is 4.99. The van der Waals surface area contributed by atoms with E-state index in [1.54, 1.807) is 24.3 Å². The number of methoxy groups -OCH3 is 1. The smallest absolute Gasteiger partial charge is 0.343 e. The standard InChI is InChI=1S/C27H31NO6/c1-31-27(30)21-34-26-14-12-25(13-15-26)32-17-16-28(18-22-8-4-2-5-9-22)19-23(29)20-33-24-10-6-3-7-11-24/h2-15,23,29H,16-21H2,1H3. The van der Waals surface area contributed by atoms with E-state index in [-0.39, 0.29) is 13.2 Å². The molecule has 34 heavy (non-hydrogen) atoms. The molecule has 0 bridgehead atoms. The molecule has 180 valence electrons. The molecule has 0 aliphatic rings. The molecule has 0 saturated heterocycles. The zero-order chi connectivity index (χ0) is 24.0. The number of carbonyl (C=O) groups excluding carboxylic acids is 1. The van der Waals surface area contributed by atoms with Gasteiger partial charge in [-0.2, -0.15) is 0 Å². The summed E-state index contributed by atoms with van der Waals surface area (Å²) in [7, 11) is 1.32. The highest BCUT2D eigenvalue weighted by Gasteiger charge is 2.14. The van der Waals surface area contributed by atoms with Gasteiger partial charge in [0.2, 0.25) is 0 Å². The van der Waals surface area contributed by atoms with Crippen molar-refractivity contribution < 1.29 is 28.8 Å². The maximum atomic E-state index is 11.2. The largest absolute Gasteiger partial charge is 0.492 e. The Bertz CT molecular complexity index is 965. The number of esters is 1. The van der Waals surface area contributed by atoms with Gasteiger partial charge in [-0.25, -0.2) is 4.79 Å². The molecule has 3 aromatic carbocycles. The zero-order valence-corrected chi connectivity index (χ0v) is 19.3. The quantitative estimate of drug-likeness (QED) is 0.365. The van der Waals surface area contributed by atoms with Crippen LogP contribution in [-0.4, -0.2) is 62.1 Å². The molecule has 3 aromatic rings. The van der Waals surface area contributed by atoms with E-state index in [0.717, 1.165) is 11.3 Å². The van der Waals surface area contributed by atoms with Crippen molar-refractivity contribution in [1.82, 2.24) is 4.90 Å². The van der Waals surface area contributed by atoms with Crippen LogP contribution in [0.3, 0.4) is 0 Å². The maximum absolute atomic E-state index is 11.2. The van der Waals surface area contributed by atoms with Crippen molar-refractivity contribution >= 4 is 5.97 Å². The predicted octanol–water partition coefficient (Wildman–Crippen LogP) is 3.56. The summed E-state index contributed by atoms with van der Waals surface area (Å²) in [5.74, 6) is 1.55. The molecule has 0 spiro atoms. The SMILES string of the molecule is COC(=O)COc1ccc(OCCN(Cc2ccccc2)CC(O)COc2ccccc2)cc1. The number of para-hydroxylation sites is 1. The van der Waals surface area contributed by atoms with Gasteiger partial charge >= 0.3 is 5.97 Å². The van der Waals surface area contributed by atoms with E-state index < -0.39 is 12.1 Å². The van der Waals surface area contributed by atoms with Gasteiger partial charge in [0.1, 0.15) is 36.6 Å². The molecule has 7 nitrogen and oxygen atoms in total. The maximum Gasteiger partial charge on any atom is 0.343 e. The number of aliphatic hydroxyl groups is 1. The van der Waals surface area contributed by atoms with Crippen LogP contribution in [-0.2, 0) is 16.1 Å². The van der Waals surface area contributed by atoms with Gasteiger partial charge in [0.05, 0.1) is 7.11 Å². The minimum atomic E-state index is -0.643. The molecule has 1 N–H and O–H groups in total. The number of ether oxygens (including phenoxy) is 4. The van der Waals surface area contributed by atoms with Gasteiger partial charge in [-0.15, -0.1) is 0 Å². The lowest BCUT2D eigenvalue weighted by molar-refractivity contribution is -0.142. The molecule has 0 amide bonds. The number of hydrogen-bond acceptors (Lipinski definition) is 7. The van der Waals surface area contributed by atoms with E-state index in [9.17, 15) is 9.90 Å². The molecule has 0 fully saturated rings. The normalized spacial score (nSPS) is 11.6. The average molecular weight is 466 g/mol. The van der Waals surface area contributed by atoms with Gasteiger partial charge in [0.15, 0.2) is 6.61 Å². The lowest BCUT2D eigenvalue weighted by Crippen LogP contribution is -2.37. The Morgan fingerprint density at radius 2 is 1.41 bits per heavy atom. The second-order valence-electron chi connectivity index (χ2n) is 7.68. The summed E-state index contributed by atoms with van der Waals surface area (Å²) in [6.07, 6.45) is -0.643. The summed E-state index contributed by atoms with van der Waals surface area (Å²) in [5.41, 5.74) is 1.16. The average Bonchev–Trinajstić information content (AvgIpc) is 2.88. The minimum absolute atomic E-state index is 0.137. The summed E-state index contributed by atoms with van der Waals surface area (Å²) < 4.78 is 21.5. The molecule has 0 heterocycles. The molecule has 7 heteroatoms. The highest BCUT2D eigenvalue weighted by molar-refractivity contribution is 5.70. The van der Waals surface area contributed by atoms with Crippen LogP contribution in [0.25, 0.3) is 0 Å². The van der Waals surface area contributed by atoms with Crippen molar-refractivity contribution in [2.24, 2.45) is 0 Å². The Kier molecular flexibility index (Phi) is 10.2. The lowest BCUT2D eigenvalue weighted by Gasteiger charge is -2.25. The number of rotatable bonds is 14. The first-order chi connectivity index (χ1) is 16.6. The third kappa shape index (κ3) is 9.13.